The molecule has 0 radical (unpaired) electrons. The van der Waals surface area contributed by atoms with E-state index in [-0.39, 0.29) is 0 Å². The smallest absolute Gasteiger partial charge is 0.196 e. The third-order valence-electron chi connectivity index (χ3n) is 14.6. The van der Waals surface area contributed by atoms with E-state index in [0.717, 1.165) is 31.6 Å². The van der Waals surface area contributed by atoms with Crippen LogP contribution in [0.15, 0.2) is 136 Å². The Labute approximate surface area is 306 Å². The average molecular weight is 677 g/mol. The number of nitrogens with two attached hydrogens (primary N) is 1. The first-order valence-electron chi connectivity index (χ1n) is 20.6. The fraction of sp³-hybridized carbons (Fsp3) is 0.511. The molecule has 2 aliphatic heterocycles. The molecule has 2 N–H and O–H groups in total. The SMILES string of the molecule is CC1C=CC(C2C=C3CCC=CC3=CC2)C/C1=C/N=C(\N)N1C2C=CCCC2C2C3=C(CCC=C3)C3C4C=CCCC4N(C4=CCCC=C4)C3C21. The number of likely N-dealkylation sites (tertiary alicyclic amines) is 2. The second-order valence-corrected chi connectivity index (χ2v) is 17.1. The molecule has 10 aliphatic rings. The molecule has 0 spiro atoms. The highest BCUT2D eigenvalue weighted by Crippen LogP contribution is 2.60. The number of hydrogen-bond acceptors (Lipinski definition) is 2. The second-order valence-electron chi connectivity index (χ2n) is 17.1. The Hall–Kier alpha value is -3.79. The largest absolute Gasteiger partial charge is 0.369 e. The van der Waals surface area contributed by atoms with Crippen molar-refractivity contribution < 1.29 is 0 Å². The van der Waals surface area contributed by atoms with Gasteiger partial charge in [0.1, 0.15) is 0 Å². The lowest BCUT2D eigenvalue weighted by Gasteiger charge is -2.48. The summed E-state index contributed by atoms with van der Waals surface area (Å²) in [6.07, 6.45) is 53.4. The predicted molar refractivity (Wildman–Crippen MR) is 210 cm³/mol. The molecule has 2 fully saturated rings. The van der Waals surface area contributed by atoms with Crippen LogP contribution in [0.25, 0.3) is 0 Å². The molecule has 4 nitrogen and oxygen atoms in total. The number of rotatable bonds is 3. The van der Waals surface area contributed by atoms with Gasteiger partial charge in [0.2, 0.25) is 0 Å². The number of nitrogens with zero attached hydrogens (tertiary/aromatic N) is 3. The number of aliphatic imine (C=N–C) groups is 1. The quantitative estimate of drug-likeness (QED) is 0.184. The fourth-order valence-electron chi connectivity index (χ4n) is 12.4. The summed E-state index contributed by atoms with van der Waals surface area (Å²) in [4.78, 5) is 10.9. The van der Waals surface area contributed by atoms with Crippen LogP contribution in [0, 0.1) is 41.4 Å². The van der Waals surface area contributed by atoms with E-state index >= 15 is 0 Å². The van der Waals surface area contributed by atoms with Crippen LogP contribution in [0.1, 0.15) is 84.0 Å². The molecule has 0 amide bonds. The standard InChI is InChI=1S/C47H56N4/c1-30-23-24-33(34-26-25-31-13-5-6-14-32(31)27-34)28-35(30)29-49-47(48)51-42-22-12-10-20-40(42)44-38-18-8-7-17-37(38)43-39-19-9-11-21-41(39)50(45(43)46(44)51)36-15-3-2-4-16-36/h3,5,8-9,12-13,15-16,18-19,22-25,27,29-30,33-34,39-46H,2,4,6-7,10-11,14,17,20-21,26,28H2,1H3,(H2,48,49)/b35-29-. The molecule has 11 unspecified atom stereocenters. The van der Waals surface area contributed by atoms with Crippen molar-refractivity contribution in [3.05, 3.63) is 131 Å². The van der Waals surface area contributed by atoms with Crippen LogP contribution >= 0.6 is 0 Å². The molecule has 51 heavy (non-hydrogen) atoms. The first kappa shape index (κ1) is 31.9. The van der Waals surface area contributed by atoms with Gasteiger partial charge in [-0.05, 0) is 129 Å². The van der Waals surface area contributed by atoms with Crippen molar-refractivity contribution in [1.82, 2.24) is 9.80 Å². The van der Waals surface area contributed by atoms with E-state index in [9.17, 15) is 0 Å². The van der Waals surface area contributed by atoms with Crippen molar-refractivity contribution in [2.24, 2.45) is 52.2 Å². The molecule has 2 heterocycles. The highest BCUT2D eigenvalue weighted by Gasteiger charge is 2.64. The lowest BCUT2D eigenvalue weighted by Crippen LogP contribution is -2.58. The maximum absolute atomic E-state index is 7.39. The summed E-state index contributed by atoms with van der Waals surface area (Å²) >= 11 is 0. The summed E-state index contributed by atoms with van der Waals surface area (Å²) in [6, 6.07) is 1.56. The van der Waals surface area contributed by atoms with Gasteiger partial charge >= 0.3 is 0 Å². The molecule has 8 aliphatic carbocycles. The summed E-state index contributed by atoms with van der Waals surface area (Å²) in [5.41, 5.74) is 16.7. The zero-order chi connectivity index (χ0) is 34.1. The molecule has 0 aromatic heterocycles. The highest BCUT2D eigenvalue weighted by molar-refractivity contribution is 5.81. The van der Waals surface area contributed by atoms with Gasteiger partial charge in [-0.15, -0.1) is 0 Å². The summed E-state index contributed by atoms with van der Waals surface area (Å²) in [7, 11) is 0. The van der Waals surface area contributed by atoms with Crippen molar-refractivity contribution in [3.8, 4) is 0 Å². The van der Waals surface area contributed by atoms with Gasteiger partial charge in [0, 0.05) is 35.7 Å². The summed E-state index contributed by atoms with van der Waals surface area (Å²) in [5, 5.41) is 0. The molecular weight excluding hydrogens is 621 g/mol. The minimum atomic E-state index is 0.297. The maximum atomic E-state index is 7.39. The van der Waals surface area contributed by atoms with Gasteiger partial charge in [-0.1, -0.05) is 97.6 Å². The van der Waals surface area contributed by atoms with Gasteiger partial charge in [-0.3, -0.25) is 0 Å². The third kappa shape index (κ3) is 5.25. The van der Waals surface area contributed by atoms with Gasteiger partial charge in [0.05, 0.1) is 18.1 Å². The fourth-order valence-corrected chi connectivity index (χ4v) is 12.4. The monoisotopic (exact) mass is 676 g/mol. The molecule has 0 saturated carbocycles. The molecule has 4 heteroatoms. The van der Waals surface area contributed by atoms with E-state index in [0.29, 0.717) is 65.6 Å². The van der Waals surface area contributed by atoms with E-state index in [2.05, 4.69) is 114 Å². The first-order valence-corrected chi connectivity index (χ1v) is 20.6. The first-order chi connectivity index (χ1) is 25.2. The Bertz CT molecular complexity index is 1820. The van der Waals surface area contributed by atoms with Crippen molar-refractivity contribution in [3.63, 3.8) is 0 Å². The van der Waals surface area contributed by atoms with Gasteiger partial charge in [-0.2, -0.15) is 0 Å². The predicted octanol–water partition coefficient (Wildman–Crippen LogP) is 9.78. The van der Waals surface area contributed by atoms with E-state index in [4.69, 9.17) is 10.7 Å². The molecule has 0 bridgehead atoms. The van der Waals surface area contributed by atoms with Crippen LogP contribution in [-0.2, 0) is 0 Å². The average Bonchev–Trinajstić information content (AvgIpc) is 3.72. The Morgan fingerprint density at radius 2 is 1.67 bits per heavy atom. The number of guanidine groups is 1. The van der Waals surface area contributed by atoms with E-state index in [1.54, 1.807) is 16.7 Å². The van der Waals surface area contributed by atoms with E-state index < -0.39 is 0 Å². The molecule has 11 atom stereocenters. The van der Waals surface area contributed by atoms with Gasteiger partial charge in [0.25, 0.3) is 0 Å². The molecule has 2 saturated heterocycles. The van der Waals surface area contributed by atoms with Crippen LogP contribution in [0.3, 0.4) is 0 Å². The van der Waals surface area contributed by atoms with Crippen LogP contribution in [0.2, 0.25) is 0 Å². The maximum Gasteiger partial charge on any atom is 0.196 e. The van der Waals surface area contributed by atoms with Crippen LogP contribution < -0.4 is 5.73 Å². The Balaban J connectivity index is 1.03. The zero-order valence-corrected chi connectivity index (χ0v) is 30.5. The van der Waals surface area contributed by atoms with Crippen molar-refractivity contribution in [1.29, 1.82) is 0 Å². The van der Waals surface area contributed by atoms with Gasteiger partial charge in [0.15, 0.2) is 5.96 Å². The Morgan fingerprint density at radius 1 is 0.804 bits per heavy atom. The number of allylic oxidation sites excluding steroid dienone is 16. The minimum Gasteiger partial charge on any atom is -0.369 e. The number of hydrogen-bond donors (Lipinski definition) is 1. The normalized spacial score (nSPS) is 41.4. The minimum absolute atomic E-state index is 0.297. The zero-order valence-electron chi connectivity index (χ0n) is 30.5. The highest BCUT2D eigenvalue weighted by atomic mass is 15.4. The number of fused-ring (bicyclic) bond motifs is 10. The summed E-state index contributed by atoms with van der Waals surface area (Å²) in [6.45, 7) is 2.34. The van der Waals surface area contributed by atoms with Crippen molar-refractivity contribution in [2.45, 2.75) is 108 Å². The van der Waals surface area contributed by atoms with Crippen molar-refractivity contribution >= 4 is 5.96 Å². The van der Waals surface area contributed by atoms with Gasteiger partial charge in [-0.25, -0.2) is 4.99 Å². The van der Waals surface area contributed by atoms with Crippen molar-refractivity contribution in [2.75, 3.05) is 0 Å². The molecule has 264 valence electrons. The lowest BCUT2D eigenvalue weighted by atomic mass is 9.62. The summed E-state index contributed by atoms with van der Waals surface area (Å²) < 4.78 is 0. The molecule has 10 rings (SSSR count). The lowest BCUT2D eigenvalue weighted by molar-refractivity contribution is 0.130. The Morgan fingerprint density at radius 3 is 2.59 bits per heavy atom. The molecule has 0 aromatic carbocycles. The van der Waals surface area contributed by atoms with Crippen LogP contribution in [-0.4, -0.2) is 39.9 Å². The Kier molecular flexibility index (Phi) is 8.14. The topological polar surface area (TPSA) is 44.9 Å². The van der Waals surface area contributed by atoms with E-state index in [1.807, 2.05) is 0 Å². The van der Waals surface area contributed by atoms with E-state index in [1.165, 1.54) is 68.2 Å². The summed E-state index contributed by atoms with van der Waals surface area (Å²) in [5.74, 6) is 4.36. The molecule has 0 aromatic rings. The van der Waals surface area contributed by atoms with Crippen LogP contribution in [0.5, 0.6) is 0 Å². The third-order valence-corrected chi connectivity index (χ3v) is 14.6. The molecular formula is C47H56N4. The van der Waals surface area contributed by atoms with Crippen LogP contribution in [0.4, 0.5) is 0 Å². The second kappa shape index (κ2) is 13.0. The van der Waals surface area contributed by atoms with Gasteiger partial charge < -0.3 is 15.5 Å².